The van der Waals surface area contributed by atoms with Gasteiger partial charge in [-0.3, -0.25) is 4.79 Å². The summed E-state index contributed by atoms with van der Waals surface area (Å²) in [6, 6.07) is 0. The van der Waals surface area contributed by atoms with Gasteiger partial charge in [-0.1, -0.05) is 0 Å². The molecule has 0 saturated carbocycles. The van der Waals surface area contributed by atoms with E-state index in [1.807, 2.05) is 0 Å². The summed E-state index contributed by atoms with van der Waals surface area (Å²) in [5.41, 5.74) is 5.36. The molecule has 0 aromatic heterocycles. The van der Waals surface area contributed by atoms with Crippen LogP contribution in [0.3, 0.4) is 0 Å². The molecule has 0 aliphatic carbocycles. The standard InChI is InChI=1S/C12H23F3N2O3/c1-3-20-6-4-5-17(9-12(13,14)15)11(18)7-10(8-16)19-2/h10H,3-9,16H2,1-2H3. The van der Waals surface area contributed by atoms with Gasteiger partial charge < -0.3 is 20.1 Å². The number of halogens is 3. The molecule has 0 aromatic carbocycles. The van der Waals surface area contributed by atoms with E-state index in [2.05, 4.69) is 0 Å². The van der Waals surface area contributed by atoms with Crippen LogP contribution in [0.4, 0.5) is 13.2 Å². The van der Waals surface area contributed by atoms with Crippen LogP contribution in [0.15, 0.2) is 0 Å². The maximum atomic E-state index is 12.5. The van der Waals surface area contributed by atoms with Gasteiger partial charge in [-0.15, -0.1) is 0 Å². The molecule has 2 N–H and O–H groups in total. The summed E-state index contributed by atoms with van der Waals surface area (Å²) in [6.45, 7) is 1.43. The quantitative estimate of drug-likeness (QED) is 0.615. The number of rotatable bonds is 10. The first kappa shape index (κ1) is 19.1. The molecule has 120 valence electrons. The van der Waals surface area contributed by atoms with Crippen LogP contribution >= 0.6 is 0 Å². The molecule has 8 heteroatoms. The minimum atomic E-state index is -4.42. The van der Waals surface area contributed by atoms with Crippen molar-refractivity contribution in [3.8, 4) is 0 Å². The molecule has 0 heterocycles. The summed E-state index contributed by atoms with van der Waals surface area (Å²) >= 11 is 0. The molecule has 1 atom stereocenters. The minimum Gasteiger partial charge on any atom is -0.382 e. The van der Waals surface area contributed by atoms with Crippen molar-refractivity contribution in [2.75, 3.05) is 40.0 Å². The summed E-state index contributed by atoms with van der Waals surface area (Å²) in [4.78, 5) is 12.6. The molecule has 0 aromatic rings. The van der Waals surface area contributed by atoms with E-state index in [-0.39, 0.29) is 19.5 Å². The zero-order valence-electron chi connectivity index (χ0n) is 11.9. The largest absolute Gasteiger partial charge is 0.406 e. The average Bonchev–Trinajstić information content (AvgIpc) is 2.37. The predicted molar refractivity (Wildman–Crippen MR) is 68.2 cm³/mol. The summed E-state index contributed by atoms with van der Waals surface area (Å²) in [7, 11) is 1.37. The highest BCUT2D eigenvalue weighted by Crippen LogP contribution is 2.17. The highest BCUT2D eigenvalue weighted by atomic mass is 19.4. The van der Waals surface area contributed by atoms with Gasteiger partial charge in [0.05, 0.1) is 12.5 Å². The summed E-state index contributed by atoms with van der Waals surface area (Å²) in [5, 5.41) is 0. The first-order valence-corrected chi connectivity index (χ1v) is 6.49. The molecule has 0 spiro atoms. The lowest BCUT2D eigenvalue weighted by molar-refractivity contribution is -0.162. The second-order valence-corrected chi connectivity index (χ2v) is 4.28. The lowest BCUT2D eigenvalue weighted by atomic mass is 10.2. The van der Waals surface area contributed by atoms with Crippen molar-refractivity contribution in [3.05, 3.63) is 0 Å². The van der Waals surface area contributed by atoms with E-state index in [9.17, 15) is 18.0 Å². The Morgan fingerprint density at radius 3 is 2.50 bits per heavy atom. The van der Waals surface area contributed by atoms with Crippen molar-refractivity contribution < 1.29 is 27.4 Å². The molecule has 0 fully saturated rings. The number of amides is 1. The molecule has 0 aliphatic heterocycles. The zero-order chi connectivity index (χ0) is 15.6. The van der Waals surface area contributed by atoms with Gasteiger partial charge in [0.15, 0.2) is 0 Å². The lowest BCUT2D eigenvalue weighted by Gasteiger charge is -2.25. The number of hydrogen-bond donors (Lipinski definition) is 1. The molecule has 1 unspecified atom stereocenters. The smallest absolute Gasteiger partial charge is 0.382 e. The third kappa shape index (κ3) is 9.11. The fraction of sp³-hybridized carbons (Fsp3) is 0.917. The van der Waals surface area contributed by atoms with Gasteiger partial charge in [0, 0.05) is 33.4 Å². The van der Waals surface area contributed by atoms with Crippen LogP contribution in [0, 0.1) is 0 Å². The first-order valence-electron chi connectivity index (χ1n) is 6.49. The van der Waals surface area contributed by atoms with Gasteiger partial charge in [0.25, 0.3) is 0 Å². The summed E-state index contributed by atoms with van der Waals surface area (Å²) in [6.07, 6.45) is -4.79. The van der Waals surface area contributed by atoms with Gasteiger partial charge in [-0.05, 0) is 13.3 Å². The highest BCUT2D eigenvalue weighted by Gasteiger charge is 2.33. The van der Waals surface area contributed by atoms with E-state index in [1.165, 1.54) is 7.11 Å². The molecule has 5 nitrogen and oxygen atoms in total. The van der Waals surface area contributed by atoms with E-state index in [1.54, 1.807) is 6.92 Å². The van der Waals surface area contributed by atoms with E-state index >= 15 is 0 Å². The molecule has 0 rings (SSSR count). The maximum absolute atomic E-state index is 12.5. The van der Waals surface area contributed by atoms with Crippen molar-refractivity contribution in [2.24, 2.45) is 5.73 Å². The Morgan fingerprint density at radius 1 is 1.40 bits per heavy atom. The molecule has 20 heavy (non-hydrogen) atoms. The number of hydrogen-bond acceptors (Lipinski definition) is 4. The van der Waals surface area contributed by atoms with Crippen LogP contribution in [0.1, 0.15) is 19.8 Å². The molecule has 0 aliphatic rings. The number of carbonyl (C=O) groups excluding carboxylic acids is 1. The number of carbonyl (C=O) groups is 1. The van der Waals surface area contributed by atoms with Crippen molar-refractivity contribution in [2.45, 2.75) is 32.0 Å². The Kier molecular flexibility index (Phi) is 9.52. The number of nitrogens with two attached hydrogens (primary N) is 1. The van der Waals surface area contributed by atoms with Crippen LogP contribution in [0.25, 0.3) is 0 Å². The van der Waals surface area contributed by atoms with Gasteiger partial charge >= 0.3 is 6.18 Å². The fourth-order valence-corrected chi connectivity index (χ4v) is 1.60. The third-order valence-electron chi connectivity index (χ3n) is 2.64. The van der Waals surface area contributed by atoms with E-state index < -0.39 is 24.7 Å². The summed E-state index contributed by atoms with van der Waals surface area (Å²) < 4.78 is 47.4. The van der Waals surface area contributed by atoms with Crippen molar-refractivity contribution in [3.63, 3.8) is 0 Å². The minimum absolute atomic E-state index is 0.000646. The number of methoxy groups -OCH3 is 1. The molecule has 1 amide bonds. The van der Waals surface area contributed by atoms with Gasteiger partial charge in [0.2, 0.25) is 5.91 Å². The van der Waals surface area contributed by atoms with Gasteiger partial charge in [-0.25, -0.2) is 0 Å². The van der Waals surface area contributed by atoms with Crippen molar-refractivity contribution in [1.29, 1.82) is 0 Å². The predicted octanol–water partition coefficient (Wildman–Crippen LogP) is 1.17. The van der Waals surface area contributed by atoms with E-state index in [0.717, 1.165) is 4.90 Å². The average molecular weight is 300 g/mol. The number of alkyl halides is 3. The molecular weight excluding hydrogens is 277 g/mol. The molecule has 0 bridgehead atoms. The molecule has 0 radical (unpaired) electrons. The van der Waals surface area contributed by atoms with Crippen molar-refractivity contribution >= 4 is 5.91 Å². The van der Waals surface area contributed by atoms with Crippen LogP contribution in [0.5, 0.6) is 0 Å². The van der Waals surface area contributed by atoms with Crippen LogP contribution in [-0.4, -0.2) is 63.0 Å². The van der Waals surface area contributed by atoms with Crippen LogP contribution < -0.4 is 5.73 Å². The van der Waals surface area contributed by atoms with Crippen molar-refractivity contribution in [1.82, 2.24) is 4.90 Å². The second kappa shape index (κ2) is 9.95. The first-order chi connectivity index (χ1) is 9.34. The number of nitrogens with zero attached hydrogens (tertiary/aromatic N) is 1. The normalized spacial score (nSPS) is 13.3. The molecule has 0 saturated heterocycles. The Bertz CT molecular complexity index is 271. The Morgan fingerprint density at radius 2 is 2.05 bits per heavy atom. The topological polar surface area (TPSA) is 64.8 Å². The lowest BCUT2D eigenvalue weighted by Crippen LogP contribution is -2.42. The Hall–Kier alpha value is -0.860. The van der Waals surface area contributed by atoms with Crippen LogP contribution in [-0.2, 0) is 14.3 Å². The third-order valence-corrected chi connectivity index (χ3v) is 2.64. The van der Waals surface area contributed by atoms with Gasteiger partial charge in [-0.2, -0.15) is 13.2 Å². The molecular formula is C12H23F3N2O3. The van der Waals surface area contributed by atoms with E-state index in [0.29, 0.717) is 19.6 Å². The van der Waals surface area contributed by atoms with Gasteiger partial charge in [0.1, 0.15) is 6.54 Å². The SMILES string of the molecule is CCOCCCN(CC(F)(F)F)C(=O)CC(CN)OC. The Balaban J connectivity index is 4.45. The van der Waals surface area contributed by atoms with Crippen LogP contribution in [0.2, 0.25) is 0 Å². The van der Waals surface area contributed by atoms with E-state index in [4.69, 9.17) is 15.2 Å². The summed E-state index contributed by atoms with van der Waals surface area (Å²) in [5.74, 6) is -0.615. The fourth-order valence-electron chi connectivity index (χ4n) is 1.60. The zero-order valence-corrected chi connectivity index (χ0v) is 11.9. The number of ether oxygens (including phenoxy) is 2. The maximum Gasteiger partial charge on any atom is 0.406 e. The monoisotopic (exact) mass is 300 g/mol. The second-order valence-electron chi connectivity index (χ2n) is 4.28. The highest BCUT2D eigenvalue weighted by molar-refractivity contribution is 5.76. The Labute approximate surface area is 117 Å².